The number of aryl methyl sites for hydroxylation is 5. The van der Waals surface area contributed by atoms with E-state index in [4.69, 9.17) is 0 Å². The molecule has 3 heterocycles. The fraction of sp³-hybridized carbons (Fsp3) is 0.209. The fourth-order valence-electron chi connectivity index (χ4n) is 7.69. The zero-order valence-electron chi connectivity index (χ0n) is 28.2. The third-order valence-corrected chi connectivity index (χ3v) is 10.1. The average molecular weight is 611 g/mol. The van der Waals surface area contributed by atoms with E-state index in [-0.39, 0.29) is 0 Å². The highest BCUT2D eigenvalue weighted by molar-refractivity contribution is 6.10. The van der Waals surface area contributed by atoms with Crippen LogP contribution in [0.1, 0.15) is 58.7 Å². The van der Waals surface area contributed by atoms with Crippen molar-refractivity contribution in [2.75, 3.05) is 0 Å². The highest BCUT2D eigenvalue weighted by Gasteiger charge is 2.27. The largest absolute Gasteiger partial charge is 0.307 e. The molecule has 1 aliphatic rings. The molecule has 0 spiro atoms. The predicted molar refractivity (Wildman–Crippen MR) is 196 cm³/mol. The smallest absolute Gasteiger partial charge is 0.0998 e. The van der Waals surface area contributed by atoms with Gasteiger partial charge in [-0.15, -0.1) is 0 Å². The molecule has 0 bridgehead atoms. The van der Waals surface area contributed by atoms with Crippen LogP contribution >= 0.6 is 0 Å². The van der Waals surface area contributed by atoms with Crippen molar-refractivity contribution < 1.29 is 0 Å². The number of hydrogen-bond donors (Lipinski definition) is 0. The van der Waals surface area contributed by atoms with Gasteiger partial charge >= 0.3 is 0 Å². The summed E-state index contributed by atoms with van der Waals surface area (Å²) in [6.45, 7) is 15.1. The van der Waals surface area contributed by atoms with Gasteiger partial charge in [-0.3, -0.25) is 4.98 Å². The zero-order chi connectivity index (χ0) is 32.7. The first-order valence-corrected chi connectivity index (χ1v) is 16.5. The molecular formula is C43H38N4. The van der Waals surface area contributed by atoms with Gasteiger partial charge in [0.1, 0.15) is 0 Å². The molecule has 0 aliphatic heterocycles. The van der Waals surface area contributed by atoms with Gasteiger partial charge in [0, 0.05) is 33.1 Å². The molecule has 0 radical (unpaired) electrons. The quantitative estimate of drug-likeness (QED) is 0.200. The van der Waals surface area contributed by atoms with Crippen molar-refractivity contribution in [2.45, 2.75) is 54.9 Å². The molecule has 3 aromatic heterocycles. The third-order valence-electron chi connectivity index (χ3n) is 10.1. The lowest BCUT2D eigenvalue weighted by Gasteiger charge is -2.23. The van der Waals surface area contributed by atoms with Crippen LogP contribution in [0.2, 0.25) is 0 Å². The number of nitriles is 1. The topological polar surface area (TPSA) is 46.5 Å². The number of hydrogen-bond acceptors (Lipinski definition) is 2. The Morgan fingerprint density at radius 2 is 1.19 bits per heavy atom. The van der Waals surface area contributed by atoms with Gasteiger partial charge in [0.15, 0.2) is 0 Å². The SMILES string of the molecule is CC1=Cc2c(c3ccc(C)cc3n2-c2cc(C#N)c(-c3cc(C)nc(C)c3)cc2-n2c3cc(C)ccc3c3ccc(C)cc32)CC1C. The molecule has 0 saturated carbocycles. The first kappa shape index (κ1) is 29.0. The van der Waals surface area contributed by atoms with Crippen molar-refractivity contribution in [1.82, 2.24) is 14.1 Å². The number of aromatic nitrogens is 3. The van der Waals surface area contributed by atoms with Gasteiger partial charge in [0.25, 0.3) is 0 Å². The summed E-state index contributed by atoms with van der Waals surface area (Å²) < 4.78 is 4.86. The number of rotatable bonds is 3. The van der Waals surface area contributed by atoms with Gasteiger partial charge in [0.2, 0.25) is 0 Å². The van der Waals surface area contributed by atoms with E-state index in [2.05, 4.69) is 140 Å². The van der Waals surface area contributed by atoms with Crippen LogP contribution in [0.4, 0.5) is 0 Å². The fourth-order valence-corrected chi connectivity index (χ4v) is 7.69. The normalized spacial score (nSPS) is 14.5. The van der Waals surface area contributed by atoms with Gasteiger partial charge in [0.05, 0.1) is 45.3 Å². The zero-order valence-corrected chi connectivity index (χ0v) is 28.2. The molecule has 0 saturated heterocycles. The summed E-state index contributed by atoms with van der Waals surface area (Å²) >= 11 is 0. The maximum atomic E-state index is 10.8. The molecular weight excluding hydrogens is 573 g/mol. The minimum absolute atomic E-state index is 0.473. The second kappa shape index (κ2) is 10.6. The molecule has 1 atom stereocenters. The molecule has 7 aromatic rings. The van der Waals surface area contributed by atoms with Crippen LogP contribution in [0.3, 0.4) is 0 Å². The standard InChI is InChI=1S/C43H38N4/c1-24-8-11-33-34-12-9-25(2)15-39(34)46(38(33)14-24)43-22-36(31-19-29(6)45-30(7)20-31)32(23-44)21-42(43)47-40-16-26(3)10-13-35(40)37-17-27(4)28(5)18-41(37)47/h8-16,18-22,27H,17H2,1-7H3. The highest BCUT2D eigenvalue weighted by atomic mass is 15.1. The summed E-state index contributed by atoms with van der Waals surface area (Å²) in [5.74, 6) is 0.473. The minimum Gasteiger partial charge on any atom is -0.307 e. The van der Waals surface area contributed by atoms with Crippen LogP contribution in [-0.4, -0.2) is 14.1 Å². The molecule has 1 aliphatic carbocycles. The molecule has 0 fully saturated rings. The van der Waals surface area contributed by atoms with E-state index in [1.54, 1.807) is 0 Å². The summed E-state index contributed by atoms with van der Waals surface area (Å²) in [5.41, 5.74) is 17.6. The van der Waals surface area contributed by atoms with Crippen molar-refractivity contribution >= 4 is 38.8 Å². The van der Waals surface area contributed by atoms with E-state index in [1.807, 2.05) is 13.8 Å². The van der Waals surface area contributed by atoms with Gasteiger partial charge in [-0.1, -0.05) is 48.9 Å². The Labute approximate surface area is 276 Å². The van der Waals surface area contributed by atoms with E-state index < -0.39 is 0 Å². The van der Waals surface area contributed by atoms with E-state index in [0.29, 0.717) is 11.5 Å². The Morgan fingerprint density at radius 3 is 1.77 bits per heavy atom. The highest BCUT2D eigenvalue weighted by Crippen LogP contribution is 2.43. The molecule has 0 N–H and O–H groups in total. The summed E-state index contributed by atoms with van der Waals surface area (Å²) in [5, 5.41) is 14.5. The van der Waals surface area contributed by atoms with E-state index >= 15 is 0 Å². The molecule has 8 rings (SSSR count). The van der Waals surface area contributed by atoms with Crippen LogP contribution in [0.25, 0.3) is 61.3 Å². The van der Waals surface area contributed by atoms with Crippen LogP contribution in [0, 0.1) is 51.9 Å². The maximum Gasteiger partial charge on any atom is 0.0998 e. The maximum absolute atomic E-state index is 10.8. The number of allylic oxidation sites excluding steroid dienone is 1. The van der Waals surface area contributed by atoms with Crippen LogP contribution in [0.5, 0.6) is 0 Å². The Kier molecular flexibility index (Phi) is 6.53. The van der Waals surface area contributed by atoms with Crippen LogP contribution in [-0.2, 0) is 6.42 Å². The lowest BCUT2D eigenvalue weighted by Crippen LogP contribution is -2.11. The molecule has 4 heteroatoms. The lowest BCUT2D eigenvalue weighted by molar-refractivity contribution is 0.672. The molecule has 230 valence electrons. The first-order valence-electron chi connectivity index (χ1n) is 16.5. The van der Waals surface area contributed by atoms with E-state index in [1.165, 1.54) is 55.2 Å². The van der Waals surface area contributed by atoms with Crippen LogP contribution in [0.15, 0.2) is 84.4 Å². The first-order chi connectivity index (χ1) is 22.6. The van der Waals surface area contributed by atoms with E-state index in [0.717, 1.165) is 51.3 Å². The Morgan fingerprint density at radius 1 is 0.660 bits per heavy atom. The summed E-state index contributed by atoms with van der Waals surface area (Å²) in [6, 6.07) is 31.5. The van der Waals surface area contributed by atoms with Crippen molar-refractivity contribution in [1.29, 1.82) is 5.26 Å². The minimum atomic E-state index is 0.473. The van der Waals surface area contributed by atoms with Crippen molar-refractivity contribution in [2.24, 2.45) is 5.92 Å². The average Bonchev–Trinajstić information content (AvgIpc) is 3.50. The number of pyridine rings is 1. The molecule has 4 aromatic carbocycles. The summed E-state index contributed by atoms with van der Waals surface area (Å²) in [4.78, 5) is 4.65. The van der Waals surface area contributed by atoms with E-state index in [9.17, 15) is 5.26 Å². The summed E-state index contributed by atoms with van der Waals surface area (Å²) in [6.07, 6.45) is 3.37. The van der Waals surface area contributed by atoms with Crippen molar-refractivity contribution in [3.05, 3.63) is 129 Å². The Bertz CT molecular complexity index is 2450. The number of benzene rings is 4. The van der Waals surface area contributed by atoms with Gasteiger partial charge in [-0.2, -0.15) is 5.26 Å². The van der Waals surface area contributed by atoms with Crippen LogP contribution < -0.4 is 0 Å². The van der Waals surface area contributed by atoms with Gasteiger partial charge in [-0.25, -0.2) is 0 Å². The predicted octanol–water partition coefficient (Wildman–Crippen LogP) is 10.8. The molecule has 4 nitrogen and oxygen atoms in total. The number of nitrogens with zero attached hydrogens (tertiary/aromatic N) is 4. The lowest BCUT2D eigenvalue weighted by atomic mass is 9.87. The van der Waals surface area contributed by atoms with Gasteiger partial charge < -0.3 is 9.13 Å². The Hall–Kier alpha value is -5.40. The second-order valence-corrected chi connectivity index (χ2v) is 13.7. The van der Waals surface area contributed by atoms with Gasteiger partial charge in [-0.05, 0) is 130 Å². The van der Waals surface area contributed by atoms with Crippen molar-refractivity contribution in [3.8, 4) is 28.6 Å². The molecule has 1 unspecified atom stereocenters. The second-order valence-electron chi connectivity index (χ2n) is 13.7. The number of fused-ring (bicyclic) bond motifs is 6. The summed E-state index contributed by atoms with van der Waals surface area (Å²) in [7, 11) is 0. The third kappa shape index (κ3) is 4.53. The molecule has 0 amide bonds. The Balaban J connectivity index is 1.59. The monoisotopic (exact) mass is 610 g/mol. The molecule has 47 heavy (non-hydrogen) atoms. The van der Waals surface area contributed by atoms with Crippen molar-refractivity contribution in [3.63, 3.8) is 0 Å².